The number of methoxy groups -OCH3 is 2. The molecule has 1 aliphatic heterocycles. The molecule has 4 heteroatoms. The second-order valence-electron chi connectivity index (χ2n) is 8.81. The number of esters is 1. The maximum absolute atomic E-state index is 13.0. The van der Waals surface area contributed by atoms with Crippen LogP contribution in [0.2, 0.25) is 0 Å². The smallest absolute Gasteiger partial charge is 0.313 e. The summed E-state index contributed by atoms with van der Waals surface area (Å²) in [5.74, 6) is 2.51. The van der Waals surface area contributed by atoms with Crippen LogP contribution in [0.4, 0.5) is 0 Å². The molecule has 2 aliphatic rings. The lowest BCUT2D eigenvalue weighted by Gasteiger charge is -2.37. The van der Waals surface area contributed by atoms with Crippen molar-refractivity contribution < 1.29 is 19.0 Å². The summed E-state index contributed by atoms with van der Waals surface area (Å²) in [7, 11) is 3.33. The summed E-state index contributed by atoms with van der Waals surface area (Å²) >= 11 is 0. The summed E-state index contributed by atoms with van der Waals surface area (Å²) in [6.07, 6.45) is 11.4. The van der Waals surface area contributed by atoms with E-state index in [0.29, 0.717) is 11.7 Å². The third-order valence-electron chi connectivity index (χ3n) is 6.93. The highest BCUT2D eigenvalue weighted by Gasteiger charge is 2.38. The molecule has 0 aromatic heterocycles. The van der Waals surface area contributed by atoms with Crippen molar-refractivity contribution in [3.05, 3.63) is 23.3 Å². The molecule has 0 bridgehead atoms. The van der Waals surface area contributed by atoms with Gasteiger partial charge >= 0.3 is 5.97 Å². The van der Waals surface area contributed by atoms with Gasteiger partial charge in [-0.1, -0.05) is 58.1 Å². The van der Waals surface area contributed by atoms with Crippen LogP contribution in [-0.2, 0) is 16.0 Å². The van der Waals surface area contributed by atoms with E-state index in [1.54, 1.807) is 14.2 Å². The van der Waals surface area contributed by atoms with E-state index in [1.807, 2.05) is 6.07 Å². The summed E-state index contributed by atoms with van der Waals surface area (Å²) in [5.41, 5.74) is 2.03. The van der Waals surface area contributed by atoms with Crippen LogP contribution in [0.1, 0.15) is 88.7 Å². The van der Waals surface area contributed by atoms with Gasteiger partial charge in [-0.05, 0) is 49.5 Å². The maximum Gasteiger partial charge on any atom is 0.313 e. The van der Waals surface area contributed by atoms with E-state index in [9.17, 15) is 4.79 Å². The molecule has 1 aromatic carbocycles. The SMILES string of the molecule is CCCc1ccc(C2CCC(C3CCC(CCC)CC3)OC2=O)c(OC)c1OC. The van der Waals surface area contributed by atoms with E-state index in [2.05, 4.69) is 19.9 Å². The molecule has 0 N–H and O–H groups in total. The van der Waals surface area contributed by atoms with E-state index >= 15 is 0 Å². The molecule has 1 saturated carbocycles. The summed E-state index contributed by atoms with van der Waals surface area (Å²) < 4.78 is 17.4. The first-order valence-electron chi connectivity index (χ1n) is 11.6. The molecular formula is C25H38O4. The third-order valence-corrected chi connectivity index (χ3v) is 6.93. The van der Waals surface area contributed by atoms with E-state index in [1.165, 1.54) is 38.5 Å². The van der Waals surface area contributed by atoms with Gasteiger partial charge < -0.3 is 14.2 Å². The number of benzene rings is 1. The zero-order valence-corrected chi connectivity index (χ0v) is 18.7. The monoisotopic (exact) mass is 402 g/mol. The van der Waals surface area contributed by atoms with Gasteiger partial charge in [0.1, 0.15) is 6.10 Å². The van der Waals surface area contributed by atoms with Gasteiger partial charge in [-0.3, -0.25) is 4.79 Å². The van der Waals surface area contributed by atoms with Crippen LogP contribution in [0.3, 0.4) is 0 Å². The molecule has 2 fully saturated rings. The molecule has 0 spiro atoms. The predicted molar refractivity (Wildman–Crippen MR) is 116 cm³/mol. The number of hydrogen-bond donors (Lipinski definition) is 0. The number of carbonyl (C=O) groups is 1. The quantitative estimate of drug-likeness (QED) is 0.496. The van der Waals surface area contributed by atoms with Gasteiger partial charge in [0.15, 0.2) is 11.5 Å². The number of hydrogen-bond acceptors (Lipinski definition) is 4. The van der Waals surface area contributed by atoms with Crippen LogP contribution in [-0.4, -0.2) is 26.3 Å². The van der Waals surface area contributed by atoms with E-state index in [4.69, 9.17) is 14.2 Å². The van der Waals surface area contributed by atoms with Crippen molar-refractivity contribution in [2.45, 2.75) is 90.1 Å². The van der Waals surface area contributed by atoms with Gasteiger partial charge in [-0.2, -0.15) is 0 Å². The molecule has 1 saturated heterocycles. The van der Waals surface area contributed by atoms with Crippen molar-refractivity contribution in [1.82, 2.24) is 0 Å². The number of ether oxygens (including phenoxy) is 3. The summed E-state index contributed by atoms with van der Waals surface area (Å²) in [4.78, 5) is 13.0. The molecule has 0 radical (unpaired) electrons. The van der Waals surface area contributed by atoms with Crippen molar-refractivity contribution >= 4 is 5.97 Å². The molecule has 1 aromatic rings. The summed E-state index contributed by atoms with van der Waals surface area (Å²) in [6.45, 7) is 4.42. The standard InChI is InChI=1S/C25H38O4/c1-5-7-17-9-11-18(12-10-17)22-16-15-21(25(26)29-22)20-14-13-19(8-6-2)23(27-3)24(20)28-4/h13-14,17-18,21-22H,5-12,15-16H2,1-4H3. The van der Waals surface area contributed by atoms with Gasteiger partial charge in [0, 0.05) is 5.56 Å². The van der Waals surface area contributed by atoms with Crippen LogP contribution < -0.4 is 9.47 Å². The van der Waals surface area contributed by atoms with Crippen molar-refractivity contribution in [3.8, 4) is 11.5 Å². The Morgan fingerprint density at radius 1 is 0.931 bits per heavy atom. The second-order valence-corrected chi connectivity index (χ2v) is 8.81. The molecule has 2 unspecified atom stereocenters. The number of cyclic esters (lactones) is 1. The normalized spacial score (nSPS) is 27.4. The zero-order valence-electron chi connectivity index (χ0n) is 18.7. The minimum absolute atomic E-state index is 0.0913. The average Bonchev–Trinajstić information content (AvgIpc) is 2.74. The van der Waals surface area contributed by atoms with Crippen LogP contribution in [0.15, 0.2) is 12.1 Å². The number of carbonyl (C=O) groups excluding carboxylic acids is 1. The molecule has 162 valence electrons. The van der Waals surface area contributed by atoms with E-state index in [-0.39, 0.29) is 18.0 Å². The predicted octanol–water partition coefficient (Wildman–Crippen LogP) is 6.05. The summed E-state index contributed by atoms with van der Waals surface area (Å²) in [6, 6.07) is 4.11. The van der Waals surface area contributed by atoms with E-state index in [0.717, 1.165) is 48.5 Å². The number of rotatable bonds is 8. The lowest BCUT2D eigenvalue weighted by molar-refractivity contribution is -0.160. The van der Waals surface area contributed by atoms with E-state index < -0.39 is 0 Å². The molecule has 1 heterocycles. The minimum Gasteiger partial charge on any atom is -0.493 e. The first-order valence-corrected chi connectivity index (χ1v) is 11.6. The van der Waals surface area contributed by atoms with Crippen molar-refractivity contribution in [2.24, 2.45) is 11.8 Å². The zero-order chi connectivity index (χ0) is 20.8. The minimum atomic E-state index is -0.262. The van der Waals surface area contributed by atoms with Crippen molar-refractivity contribution in [1.29, 1.82) is 0 Å². The molecule has 4 nitrogen and oxygen atoms in total. The highest BCUT2D eigenvalue weighted by Crippen LogP contribution is 2.44. The average molecular weight is 403 g/mol. The lowest BCUT2D eigenvalue weighted by atomic mass is 9.75. The Bertz CT molecular complexity index is 676. The molecule has 29 heavy (non-hydrogen) atoms. The first-order chi connectivity index (χ1) is 14.1. The Hall–Kier alpha value is -1.71. The molecule has 1 aliphatic carbocycles. The fraction of sp³-hybridized carbons (Fsp3) is 0.720. The fourth-order valence-corrected chi connectivity index (χ4v) is 5.40. The van der Waals surface area contributed by atoms with Gasteiger partial charge in [-0.15, -0.1) is 0 Å². The van der Waals surface area contributed by atoms with Gasteiger partial charge in [-0.25, -0.2) is 0 Å². The van der Waals surface area contributed by atoms with Crippen molar-refractivity contribution in [3.63, 3.8) is 0 Å². The molecular weight excluding hydrogens is 364 g/mol. The summed E-state index contributed by atoms with van der Waals surface area (Å²) in [5, 5.41) is 0. The largest absolute Gasteiger partial charge is 0.493 e. The highest BCUT2D eigenvalue weighted by molar-refractivity contribution is 5.81. The molecule has 0 amide bonds. The third kappa shape index (κ3) is 4.90. The Morgan fingerprint density at radius 3 is 2.24 bits per heavy atom. The lowest BCUT2D eigenvalue weighted by Crippen LogP contribution is -2.36. The Labute approximate surface area is 176 Å². The fourth-order valence-electron chi connectivity index (χ4n) is 5.40. The maximum atomic E-state index is 13.0. The van der Waals surface area contributed by atoms with Crippen LogP contribution in [0.25, 0.3) is 0 Å². The topological polar surface area (TPSA) is 44.8 Å². The Kier molecular flexibility index (Phi) is 7.85. The van der Waals surface area contributed by atoms with Gasteiger partial charge in [0.2, 0.25) is 0 Å². The second kappa shape index (κ2) is 10.4. The van der Waals surface area contributed by atoms with Crippen LogP contribution in [0, 0.1) is 11.8 Å². The van der Waals surface area contributed by atoms with Gasteiger partial charge in [0.05, 0.1) is 20.1 Å². The molecule has 2 atom stereocenters. The molecule has 3 rings (SSSR count). The van der Waals surface area contributed by atoms with Gasteiger partial charge in [0.25, 0.3) is 0 Å². The first kappa shape index (κ1) is 22.0. The van der Waals surface area contributed by atoms with Crippen LogP contribution >= 0.6 is 0 Å². The number of aryl methyl sites for hydroxylation is 1. The Balaban J connectivity index is 1.69. The van der Waals surface area contributed by atoms with Crippen molar-refractivity contribution in [2.75, 3.05) is 14.2 Å². The Morgan fingerprint density at radius 2 is 1.66 bits per heavy atom. The van der Waals surface area contributed by atoms with Crippen LogP contribution in [0.5, 0.6) is 11.5 Å². The highest BCUT2D eigenvalue weighted by atomic mass is 16.5.